The summed E-state index contributed by atoms with van der Waals surface area (Å²) in [7, 11) is 1.33. The molecule has 2 heterocycles. The van der Waals surface area contributed by atoms with Gasteiger partial charge in [-0.05, 0) is 12.1 Å². The number of imidazole rings is 1. The van der Waals surface area contributed by atoms with Gasteiger partial charge in [0.15, 0.2) is 5.69 Å². The van der Waals surface area contributed by atoms with Gasteiger partial charge in [-0.15, -0.1) is 6.42 Å². The smallest absolute Gasteiger partial charge is 0.356 e. The minimum absolute atomic E-state index is 0.365. The van der Waals surface area contributed by atoms with Crippen LogP contribution >= 0.6 is 0 Å². The highest BCUT2D eigenvalue weighted by atomic mass is 16.5. The largest absolute Gasteiger partial charge is 0.464 e. The topological polar surface area (TPSA) is 43.6 Å². The zero-order valence-electron chi connectivity index (χ0n) is 8.10. The van der Waals surface area contributed by atoms with E-state index < -0.39 is 5.97 Å². The Morgan fingerprint density at radius 2 is 2.40 bits per heavy atom. The van der Waals surface area contributed by atoms with Crippen LogP contribution in [0.5, 0.6) is 0 Å². The van der Waals surface area contributed by atoms with E-state index in [2.05, 4.69) is 15.6 Å². The van der Waals surface area contributed by atoms with Gasteiger partial charge in [0.1, 0.15) is 5.65 Å². The van der Waals surface area contributed by atoms with Gasteiger partial charge >= 0.3 is 5.97 Å². The molecule has 4 heteroatoms. The summed E-state index contributed by atoms with van der Waals surface area (Å²) in [6.45, 7) is 0. The molecule has 0 unspecified atom stereocenters. The minimum atomic E-state index is -0.434. The number of fused-ring (bicyclic) bond motifs is 1. The number of rotatable bonds is 1. The fourth-order valence-electron chi connectivity index (χ4n) is 1.32. The first-order valence-corrected chi connectivity index (χ1v) is 4.28. The summed E-state index contributed by atoms with van der Waals surface area (Å²) in [5, 5.41) is 0. The molecule has 0 bridgehead atoms. The molecule has 0 saturated carbocycles. The van der Waals surface area contributed by atoms with Crippen LogP contribution in [0.4, 0.5) is 0 Å². The maximum atomic E-state index is 11.4. The zero-order chi connectivity index (χ0) is 10.8. The minimum Gasteiger partial charge on any atom is -0.464 e. The molecule has 2 aromatic heterocycles. The molecule has 0 fully saturated rings. The van der Waals surface area contributed by atoms with E-state index in [-0.39, 0.29) is 0 Å². The lowest BCUT2D eigenvalue weighted by molar-refractivity contribution is 0.0593. The maximum absolute atomic E-state index is 11.4. The van der Waals surface area contributed by atoms with Crippen molar-refractivity contribution >= 4 is 11.6 Å². The van der Waals surface area contributed by atoms with Crippen LogP contribution in [-0.2, 0) is 4.74 Å². The fraction of sp³-hybridized carbons (Fsp3) is 0.0909. The van der Waals surface area contributed by atoms with Crippen molar-refractivity contribution in [2.75, 3.05) is 7.11 Å². The average Bonchev–Trinajstić information content (AvgIpc) is 2.70. The maximum Gasteiger partial charge on any atom is 0.356 e. The normalized spacial score (nSPS) is 9.87. The van der Waals surface area contributed by atoms with Gasteiger partial charge in [0.2, 0.25) is 0 Å². The van der Waals surface area contributed by atoms with Gasteiger partial charge in [0.25, 0.3) is 0 Å². The molecule has 0 saturated heterocycles. The first-order chi connectivity index (χ1) is 7.26. The van der Waals surface area contributed by atoms with E-state index in [9.17, 15) is 4.79 Å². The van der Waals surface area contributed by atoms with Crippen LogP contribution in [0.1, 0.15) is 16.1 Å². The molecule has 2 aromatic rings. The number of pyridine rings is 1. The van der Waals surface area contributed by atoms with Gasteiger partial charge in [-0.3, -0.25) is 4.40 Å². The number of terminal acetylenes is 1. The quantitative estimate of drug-likeness (QED) is 0.511. The Balaban J connectivity index is 2.67. The van der Waals surface area contributed by atoms with Crippen molar-refractivity contribution in [3.05, 3.63) is 35.8 Å². The number of carbonyl (C=O) groups is 1. The summed E-state index contributed by atoms with van der Waals surface area (Å²) < 4.78 is 6.24. The predicted octanol–water partition coefficient (Wildman–Crippen LogP) is 1.10. The van der Waals surface area contributed by atoms with E-state index in [1.54, 1.807) is 22.7 Å². The average molecular weight is 200 g/mol. The monoisotopic (exact) mass is 200 g/mol. The van der Waals surface area contributed by atoms with E-state index in [1.807, 2.05) is 0 Å². The van der Waals surface area contributed by atoms with E-state index in [0.29, 0.717) is 16.9 Å². The second-order valence-corrected chi connectivity index (χ2v) is 2.93. The molecule has 2 rings (SSSR count). The number of esters is 1. The molecule has 0 aliphatic carbocycles. The zero-order valence-corrected chi connectivity index (χ0v) is 8.10. The Morgan fingerprint density at radius 3 is 3.07 bits per heavy atom. The number of ether oxygens (including phenoxy) is 1. The van der Waals surface area contributed by atoms with Gasteiger partial charge in [0.05, 0.1) is 13.3 Å². The second-order valence-electron chi connectivity index (χ2n) is 2.93. The van der Waals surface area contributed by atoms with Gasteiger partial charge < -0.3 is 4.74 Å². The number of aromatic nitrogens is 2. The number of nitrogens with zero attached hydrogens (tertiary/aromatic N) is 2. The molecule has 0 radical (unpaired) electrons. The predicted molar refractivity (Wildman–Crippen MR) is 54.5 cm³/mol. The summed E-state index contributed by atoms with van der Waals surface area (Å²) in [5.41, 5.74) is 1.71. The van der Waals surface area contributed by atoms with Gasteiger partial charge in [-0.25, -0.2) is 9.78 Å². The van der Waals surface area contributed by atoms with Crippen LogP contribution in [0, 0.1) is 12.3 Å². The molecule has 0 atom stereocenters. The Bertz CT molecular complexity index is 563. The Hall–Kier alpha value is -2.28. The summed E-state index contributed by atoms with van der Waals surface area (Å²) >= 11 is 0. The lowest BCUT2D eigenvalue weighted by Gasteiger charge is -1.99. The highest BCUT2D eigenvalue weighted by Gasteiger charge is 2.11. The first-order valence-electron chi connectivity index (χ1n) is 4.28. The standard InChI is InChI=1S/C11H8N2O2/c1-3-8-4-5-10-12-6-9(11(14)15-2)13(10)7-8/h1,4-7H,2H3. The van der Waals surface area contributed by atoms with Crippen molar-refractivity contribution < 1.29 is 9.53 Å². The van der Waals surface area contributed by atoms with Gasteiger partial charge in [-0.1, -0.05) is 5.92 Å². The van der Waals surface area contributed by atoms with Crippen LogP contribution in [0.2, 0.25) is 0 Å². The second kappa shape index (κ2) is 3.46. The number of hydrogen-bond donors (Lipinski definition) is 0. The van der Waals surface area contributed by atoms with Gasteiger partial charge in [-0.2, -0.15) is 0 Å². The van der Waals surface area contributed by atoms with Crippen molar-refractivity contribution in [2.45, 2.75) is 0 Å². The molecule has 0 amide bonds. The molecule has 0 spiro atoms. The Labute approximate surface area is 86.5 Å². The molecule has 0 aromatic carbocycles. The summed E-state index contributed by atoms with van der Waals surface area (Å²) in [5.74, 6) is 2.06. The number of carbonyl (C=O) groups excluding carboxylic acids is 1. The third-order valence-corrected chi connectivity index (χ3v) is 2.07. The number of methoxy groups -OCH3 is 1. The van der Waals surface area contributed by atoms with Crippen molar-refractivity contribution in [3.8, 4) is 12.3 Å². The van der Waals surface area contributed by atoms with Crippen molar-refractivity contribution in [2.24, 2.45) is 0 Å². The van der Waals surface area contributed by atoms with Crippen molar-refractivity contribution in [1.82, 2.24) is 9.38 Å². The van der Waals surface area contributed by atoms with Crippen molar-refractivity contribution in [1.29, 1.82) is 0 Å². The van der Waals surface area contributed by atoms with E-state index in [1.165, 1.54) is 13.3 Å². The lowest BCUT2D eigenvalue weighted by Crippen LogP contribution is -2.05. The third kappa shape index (κ3) is 1.44. The summed E-state index contributed by atoms with van der Waals surface area (Å²) in [4.78, 5) is 15.4. The van der Waals surface area contributed by atoms with Crippen LogP contribution in [-0.4, -0.2) is 22.5 Å². The molecular formula is C11H8N2O2. The molecule has 4 nitrogen and oxygen atoms in total. The van der Waals surface area contributed by atoms with Gasteiger partial charge in [0, 0.05) is 11.8 Å². The summed E-state index contributed by atoms with van der Waals surface area (Å²) in [6.07, 6.45) is 8.40. The molecule has 0 aliphatic rings. The van der Waals surface area contributed by atoms with Crippen LogP contribution in [0.3, 0.4) is 0 Å². The molecule has 0 aliphatic heterocycles. The Kier molecular flexibility index (Phi) is 2.14. The molecule has 15 heavy (non-hydrogen) atoms. The van der Waals surface area contributed by atoms with Crippen LogP contribution in [0.15, 0.2) is 24.5 Å². The fourth-order valence-corrected chi connectivity index (χ4v) is 1.32. The first kappa shape index (κ1) is 9.28. The van der Waals surface area contributed by atoms with Crippen molar-refractivity contribution in [3.63, 3.8) is 0 Å². The lowest BCUT2D eigenvalue weighted by atomic mass is 10.3. The molecule has 74 valence electrons. The third-order valence-electron chi connectivity index (χ3n) is 2.07. The van der Waals surface area contributed by atoms with E-state index >= 15 is 0 Å². The highest BCUT2D eigenvalue weighted by molar-refractivity contribution is 5.88. The van der Waals surface area contributed by atoms with E-state index in [0.717, 1.165) is 0 Å². The Morgan fingerprint density at radius 1 is 1.60 bits per heavy atom. The number of hydrogen-bond acceptors (Lipinski definition) is 3. The molecule has 0 N–H and O–H groups in total. The van der Waals surface area contributed by atoms with Crippen LogP contribution in [0.25, 0.3) is 5.65 Å². The van der Waals surface area contributed by atoms with Crippen LogP contribution < -0.4 is 0 Å². The molecular weight excluding hydrogens is 192 g/mol. The highest BCUT2D eigenvalue weighted by Crippen LogP contribution is 2.09. The van der Waals surface area contributed by atoms with E-state index in [4.69, 9.17) is 6.42 Å². The SMILES string of the molecule is C#Cc1ccc2ncc(C(=O)OC)n2c1. The summed E-state index contributed by atoms with van der Waals surface area (Å²) in [6, 6.07) is 3.52.